The molecule has 1 unspecified atom stereocenters. The molecule has 1 aromatic rings. The van der Waals surface area contributed by atoms with Gasteiger partial charge in [-0.05, 0) is 50.3 Å². The first kappa shape index (κ1) is 18.9. The van der Waals surface area contributed by atoms with Crippen LogP contribution in [-0.2, 0) is 4.79 Å². The number of carbonyl (C=O) groups is 1. The molecule has 0 saturated heterocycles. The molecule has 0 bridgehead atoms. The van der Waals surface area contributed by atoms with Crippen molar-refractivity contribution in [2.75, 3.05) is 18.6 Å². The second kappa shape index (κ2) is 9.80. The number of nitrogens with one attached hydrogen (secondary N) is 2. The van der Waals surface area contributed by atoms with E-state index in [1.54, 1.807) is 11.8 Å². The van der Waals surface area contributed by atoms with Gasteiger partial charge in [-0.2, -0.15) is 11.8 Å². The Labute approximate surface area is 139 Å². The molecule has 0 heterocycles. The Hall–Kier alpha value is -1.14. The molecule has 22 heavy (non-hydrogen) atoms. The number of carbonyl (C=O) groups excluding carboxylic acids is 1. The third-order valence-electron chi connectivity index (χ3n) is 3.55. The van der Waals surface area contributed by atoms with Crippen molar-refractivity contribution in [2.24, 2.45) is 0 Å². The second-order valence-electron chi connectivity index (χ2n) is 5.56. The molecule has 1 amide bonds. The first-order valence-corrected chi connectivity index (χ1v) is 9.04. The van der Waals surface area contributed by atoms with Gasteiger partial charge in [0.15, 0.2) is 7.98 Å². The number of benzene rings is 1. The number of aryl methyl sites for hydroxylation is 2. The average Bonchev–Trinajstić information content (AvgIpc) is 2.47. The largest absolute Gasteiger partial charge is 0.491 e. The van der Waals surface area contributed by atoms with E-state index in [9.17, 15) is 4.79 Å². The number of rotatable bonds is 9. The molecule has 0 radical (unpaired) electrons. The lowest BCUT2D eigenvalue weighted by molar-refractivity contribution is -0.123. The van der Waals surface area contributed by atoms with Crippen molar-refractivity contribution in [3.8, 4) is 5.75 Å². The van der Waals surface area contributed by atoms with Gasteiger partial charge in [-0.15, -0.1) is 0 Å². The zero-order valence-electron chi connectivity index (χ0n) is 14.2. The molecule has 0 aliphatic heterocycles. The number of ether oxygens (including phenoxy) is 1. The number of amides is 1. The lowest BCUT2D eigenvalue weighted by Gasteiger charge is -2.21. The fourth-order valence-electron chi connectivity index (χ4n) is 2.26. The lowest BCUT2D eigenvalue weighted by atomic mass is 10.1. The number of thioether (sulfide) groups is 1. The van der Waals surface area contributed by atoms with Crippen LogP contribution >= 0.6 is 11.8 Å². The molecule has 0 fully saturated rings. The summed E-state index contributed by atoms with van der Waals surface area (Å²) < 4.78 is 5.89. The van der Waals surface area contributed by atoms with Crippen LogP contribution in [0.4, 0.5) is 0 Å². The van der Waals surface area contributed by atoms with Crippen molar-refractivity contribution in [3.05, 3.63) is 29.3 Å². The highest BCUT2D eigenvalue weighted by molar-refractivity contribution is 7.98. The molecule has 0 aromatic heterocycles. The summed E-state index contributed by atoms with van der Waals surface area (Å²) in [6, 6.07) is 5.91. The van der Waals surface area contributed by atoms with E-state index in [1.807, 2.05) is 53.2 Å². The van der Waals surface area contributed by atoms with Gasteiger partial charge in [-0.1, -0.05) is 18.2 Å². The number of para-hydroxylation sites is 1. The molecule has 4 nitrogen and oxygen atoms in total. The topological polar surface area (TPSA) is 50.4 Å². The second-order valence-corrected chi connectivity index (χ2v) is 6.55. The van der Waals surface area contributed by atoms with Crippen molar-refractivity contribution in [1.82, 2.24) is 10.5 Å². The van der Waals surface area contributed by atoms with Crippen LogP contribution in [0.1, 0.15) is 24.5 Å². The minimum absolute atomic E-state index is 0.0309. The lowest BCUT2D eigenvalue weighted by Crippen LogP contribution is -2.48. The molecule has 122 valence electrons. The van der Waals surface area contributed by atoms with Crippen LogP contribution in [0.5, 0.6) is 5.75 Å². The standard InChI is InChI=1S/C16H27BN2O2S/c1-11-6-5-7-12(2)15(11)21-10-13(3)18-16(20)14(19-17)8-9-22-4/h5-7,13-14,19H,8-10,17H2,1-4H3,(H,18,20)/t13?,14-/m0/s1. The van der Waals surface area contributed by atoms with Gasteiger partial charge in [0, 0.05) is 0 Å². The van der Waals surface area contributed by atoms with E-state index >= 15 is 0 Å². The van der Waals surface area contributed by atoms with Gasteiger partial charge in [0.25, 0.3) is 0 Å². The Morgan fingerprint density at radius 1 is 1.36 bits per heavy atom. The maximum Gasteiger partial charge on any atom is 0.236 e. The maximum absolute atomic E-state index is 12.2. The summed E-state index contributed by atoms with van der Waals surface area (Å²) >= 11 is 1.75. The first-order chi connectivity index (χ1) is 10.5. The number of hydrogen-bond acceptors (Lipinski definition) is 4. The minimum atomic E-state index is -0.143. The third kappa shape index (κ3) is 5.93. The fraction of sp³-hybridized carbons (Fsp3) is 0.562. The Bertz CT molecular complexity index is 465. The van der Waals surface area contributed by atoms with Crippen molar-refractivity contribution in [3.63, 3.8) is 0 Å². The summed E-state index contributed by atoms with van der Waals surface area (Å²) in [6.07, 6.45) is 2.87. The van der Waals surface area contributed by atoms with Gasteiger partial charge in [0.1, 0.15) is 12.4 Å². The summed E-state index contributed by atoms with van der Waals surface area (Å²) in [5, 5.41) is 6.08. The molecule has 1 rings (SSSR count). The Kier molecular flexibility index (Phi) is 8.42. The van der Waals surface area contributed by atoms with Crippen LogP contribution < -0.4 is 15.3 Å². The predicted octanol–water partition coefficient (Wildman–Crippen LogP) is 1.45. The van der Waals surface area contributed by atoms with Crippen molar-refractivity contribution >= 4 is 25.7 Å². The van der Waals surface area contributed by atoms with E-state index in [-0.39, 0.29) is 18.0 Å². The van der Waals surface area contributed by atoms with Crippen LogP contribution in [0.25, 0.3) is 0 Å². The van der Waals surface area contributed by atoms with Crippen molar-refractivity contribution in [1.29, 1.82) is 0 Å². The SMILES string of the molecule is BN[C@@H](CCSC)C(=O)NC(C)COc1c(C)cccc1C. The zero-order valence-corrected chi connectivity index (χ0v) is 15.0. The highest BCUT2D eigenvalue weighted by Gasteiger charge is 2.18. The van der Waals surface area contributed by atoms with E-state index in [0.29, 0.717) is 6.61 Å². The smallest absolute Gasteiger partial charge is 0.236 e. The molecule has 1 aromatic carbocycles. The van der Waals surface area contributed by atoms with Crippen LogP contribution in [0.2, 0.25) is 0 Å². The van der Waals surface area contributed by atoms with Crippen molar-refractivity contribution in [2.45, 2.75) is 39.3 Å². The molecule has 0 saturated carbocycles. The fourth-order valence-corrected chi connectivity index (χ4v) is 2.73. The number of hydrogen-bond donors (Lipinski definition) is 2. The van der Waals surface area contributed by atoms with Gasteiger partial charge in [0.05, 0.1) is 12.1 Å². The van der Waals surface area contributed by atoms with Crippen LogP contribution in [-0.4, -0.2) is 44.6 Å². The van der Waals surface area contributed by atoms with E-state index < -0.39 is 0 Å². The molecule has 0 spiro atoms. The van der Waals surface area contributed by atoms with Crippen LogP contribution in [0, 0.1) is 13.8 Å². The van der Waals surface area contributed by atoms with E-state index in [2.05, 4.69) is 10.5 Å². The van der Waals surface area contributed by atoms with E-state index in [4.69, 9.17) is 4.74 Å². The Morgan fingerprint density at radius 2 is 2.00 bits per heavy atom. The molecule has 0 aliphatic carbocycles. The highest BCUT2D eigenvalue weighted by Crippen LogP contribution is 2.22. The zero-order chi connectivity index (χ0) is 16.5. The summed E-state index contributed by atoms with van der Waals surface area (Å²) in [4.78, 5) is 12.2. The Morgan fingerprint density at radius 3 is 2.55 bits per heavy atom. The summed E-state index contributed by atoms with van der Waals surface area (Å²) in [7, 11) is 1.82. The van der Waals surface area contributed by atoms with Crippen LogP contribution in [0.3, 0.4) is 0 Å². The third-order valence-corrected chi connectivity index (χ3v) is 4.19. The molecule has 0 aliphatic rings. The summed E-state index contributed by atoms with van der Waals surface area (Å²) in [5.41, 5.74) is 2.23. The van der Waals surface area contributed by atoms with Gasteiger partial charge < -0.3 is 15.3 Å². The molecule has 2 N–H and O–H groups in total. The monoisotopic (exact) mass is 322 g/mol. The molecular formula is C16H27BN2O2S. The normalized spacial score (nSPS) is 13.5. The first-order valence-electron chi connectivity index (χ1n) is 7.65. The summed E-state index contributed by atoms with van der Waals surface area (Å²) in [5.74, 6) is 1.91. The Balaban J connectivity index is 2.48. The predicted molar refractivity (Wildman–Crippen MR) is 97.5 cm³/mol. The average molecular weight is 322 g/mol. The van der Waals surface area contributed by atoms with E-state index in [1.165, 1.54) is 0 Å². The minimum Gasteiger partial charge on any atom is -0.491 e. The molecule has 2 atom stereocenters. The van der Waals surface area contributed by atoms with Gasteiger partial charge in [-0.25, -0.2) is 0 Å². The van der Waals surface area contributed by atoms with Gasteiger partial charge in [-0.3, -0.25) is 4.79 Å². The maximum atomic E-state index is 12.2. The van der Waals surface area contributed by atoms with Gasteiger partial charge in [0.2, 0.25) is 5.91 Å². The quantitative estimate of drug-likeness (QED) is 0.676. The molecular weight excluding hydrogens is 295 g/mol. The van der Waals surface area contributed by atoms with Gasteiger partial charge >= 0.3 is 0 Å². The molecule has 6 heteroatoms. The van der Waals surface area contributed by atoms with E-state index in [0.717, 1.165) is 29.1 Å². The van der Waals surface area contributed by atoms with Crippen molar-refractivity contribution < 1.29 is 9.53 Å². The van der Waals surface area contributed by atoms with Crippen LogP contribution in [0.15, 0.2) is 18.2 Å². The highest BCUT2D eigenvalue weighted by atomic mass is 32.2. The summed E-state index contributed by atoms with van der Waals surface area (Å²) in [6.45, 7) is 6.50.